The molecule has 9 nitrogen and oxygen atoms in total. The number of thiol groups is 1. The number of hydrogen-bond donors (Lipinski definition) is 4. The van der Waals surface area contributed by atoms with Crippen LogP contribution in [0.5, 0.6) is 0 Å². The van der Waals surface area contributed by atoms with Crippen molar-refractivity contribution in [3.63, 3.8) is 0 Å². The van der Waals surface area contributed by atoms with Crippen molar-refractivity contribution < 1.29 is 18.7 Å². The summed E-state index contributed by atoms with van der Waals surface area (Å²) in [5.41, 5.74) is 3.81. The second-order valence-corrected chi connectivity index (χ2v) is 9.32. The average molecular weight is 506 g/mol. The Morgan fingerprint density at radius 2 is 1.72 bits per heavy atom. The molecule has 186 valence electrons. The summed E-state index contributed by atoms with van der Waals surface area (Å²) in [5, 5.41) is 14.5. The molecule has 3 N–H and O–H groups in total. The van der Waals surface area contributed by atoms with E-state index in [0.717, 1.165) is 21.7 Å². The van der Waals surface area contributed by atoms with Crippen molar-refractivity contribution in [3.05, 3.63) is 83.6 Å². The summed E-state index contributed by atoms with van der Waals surface area (Å²) in [5.74, 6) is -0.783. The van der Waals surface area contributed by atoms with E-state index in [1.165, 1.54) is 13.2 Å². The number of anilines is 3. The standard InChI is InChI=1S/C26H27N5O4S/c1-26(2,3)18-8-5-16(6-9-18)24(32)29-22-12-11-20(31(34-4)35-36)14-21(22)25(33)28-19-10-7-17-15-27-30-23(17)13-19/h5-15,36H,1-4H3,(H,27,30)(H,28,33)(H,29,32). The van der Waals surface area contributed by atoms with Crippen LogP contribution in [0.2, 0.25) is 0 Å². The van der Waals surface area contributed by atoms with Crippen molar-refractivity contribution in [1.29, 1.82) is 0 Å². The Kier molecular flexibility index (Phi) is 7.30. The van der Waals surface area contributed by atoms with Crippen molar-refractivity contribution >= 4 is 52.7 Å². The van der Waals surface area contributed by atoms with Crippen molar-refractivity contribution in [1.82, 2.24) is 10.2 Å². The number of hydrogen-bond acceptors (Lipinski definition) is 7. The minimum absolute atomic E-state index is 0.0302. The van der Waals surface area contributed by atoms with Crippen LogP contribution in [0.4, 0.5) is 17.1 Å². The lowest BCUT2D eigenvalue weighted by Crippen LogP contribution is -2.21. The number of rotatable bonds is 7. The second-order valence-electron chi connectivity index (χ2n) is 9.16. The molecular formula is C26H27N5O4S. The number of carbonyl (C=O) groups excluding carboxylic acids is 2. The quantitative estimate of drug-likeness (QED) is 0.150. The Bertz CT molecular complexity index is 1390. The summed E-state index contributed by atoms with van der Waals surface area (Å²) >= 11 is 3.78. The molecule has 0 aliphatic heterocycles. The molecule has 0 aliphatic rings. The SMILES string of the molecule is CON(OS)c1ccc(NC(=O)c2ccc(C(C)(C)C)cc2)c(C(=O)Nc2ccc3cn[nH]c3c2)c1. The maximum atomic E-state index is 13.3. The molecule has 0 atom stereocenters. The molecule has 10 heteroatoms. The van der Waals surface area contributed by atoms with Crippen molar-refractivity contribution in [2.24, 2.45) is 0 Å². The zero-order chi connectivity index (χ0) is 25.9. The largest absolute Gasteiger partial charge is 0.322 e. The molecule has 1 aromatic heterocycles. The average Bonchev–Trinajstić information content (AvgIpc) is 3.33. The lowest BCUT2D eigenvalue weighted by atomic mass is 9.86. The van der Waals surface area contributed by atoms with E-state index in [-0.39, 0.29) is 16.9 Å². The summed E-state index contributed by atoms with van der Waals surface area (Å²) in [6, 6.07) is 17.5. The van der Waals surface area contributed by atoms with Gasteiger partial charge in [0.2, 0.25) is 0 Å². The van der Waals surface area contributed by atoms with Gasteiger partial charge in [-0.25, -0.2) is 0 Å². The number of aromatic nitrogens is 2. The number of fused-ring (bicyclic) bond motifs is 1. The van der Waals surface area contributed by atoms with Crippen LogP contribution in [0.3, 0.4) is 0 Å². The summed E-state index contributed by atoms with van der Waals surface area (Å²) < 4.78 is 4.88. The third-order valence-corrected chi connectivity index (χ3v) is 5.81. The van der Waals surface area contributed by atoms with Crippen LogP contribution in [-0.4, -0.2) is 29.1 Å². The highest BCUT2D eigenvalue weighted by atomic mass is 32.1. The molecule has 0 bridgehead atoms. The maximum absolute atomic E-state index is 13.3. The maximum Gasteiger partial charge on any atom is 0.257 e. The number of nitrogens with zero attached hydrogens (tertiary/aromatic N) is 2. The summed E-state index contributed by atoms with van der Waals surface area (Å²) in [6.45, 7) is 6.32. The molecule has 0 saturated heterocycles. The predicted molar refractivity (Wildman–Crippen MR) is 143 cm³/mol. The van der Waals surface area contributed by atoms with Crippen LogP contribution >= 0.6 is 12.9 Å². The highest BCUT2D eigenvalue weighted by Gasteiger charge is 2.19. The number of H-pyrrole nitrogens is 1. The van der Waals surface area contributed by atoms with Crippen LogP contribution in [0, 0.1) is 0 Å². The molecule has 36 heavy (non-hydrogen) atoms. The van der Waals surface area contributed by atoms with Gasteiger partial charge in [0.25, 0.3) is 11.8 Å². The number of amides is 2. The molecule has 0 radical (unpaired) electrons. The van der Waals surface area contributed by atoms with Gasteiger partial charge in [-0.15, -0.1) is 5.23 Å². The zero-order valence-corrected chi connectivity index (χ0v) is 21.2. The number of nitrogens with one attached hydrogen (secondary N) is 3. The Morgan fingerprint density at radius 3 is 2.39 bits per heavy atom. The minimum Gasteiger partial charge on any atom is -0.322 e. The lowest BCUT2D eigenvalue weighted by molar-refractivity contribution is 0.0252. The highest BCUT2D eigenvalue weighted by Crippen LogP contribution is 2.27. The summed E-state index contributed by atoms with van der Waals surface area (Å²) in [4.78, 5) is 31.5. The van der Waals surface area contributed by atoms with Gasteiger partial charge in [-0.05, 0) is 59.5 Å². The summed E-state index contributed by atoms with van der Waals surface area (Å²) in [7, 11) is 1.40. The van der Waals surface area contributed by atoms with Gasteiger partial charge in [-0.2, -0.15) is 9.38 Å². The molecule has 0 aliphatic carbocycles. The fourth-order valence-electron chi connectivity index (χ4n) is 3.66. The van der Waals surface area contributed by atoms with E-state index < -0.39 is 5.91 Å². The third-order valence-electron chi connectivity index (χ3n) is 5.66. The van der Waals surface area contributed by atoms with E-state index in [4.69, 9.17) is 9.12 Å². The normalized spacial score (nSPS) is 11.4. The van der Waals surface area contributed by atoms with Gasteiger partial charge in [-0.3, -0.25) is 19.5 Å². The van der Waals surface area contributed by atoms with Gasteiger partial charge in [0.15, 0.2) is 0 Å². The fourth-order valence-corrected chi connectivity index (χ4v) is 3.82. The molecule has 2 amide bonds. The topological polar surface area (TPSA) is 109 Å². The molecule has 0 saturated carbocycles. The van der Waals surface area contributed by atoms with Crippen LogP contribution in [0.15, 0.2) is 66.9 Å². The molecule has 0 fully saturated rings. The van der Waals surface area contributed by atoms with Crippen molar-refractivity contribution in [2.75, 3.05) is 23.0 Å². The number of benzene rings is 3. The van der Waals surface area contributed by atoms with Crippen molar-refractivity contribution in [2.45, 2.75) is 26.2 Å². The molecule has 0 unspecified atom stereocenters. The highest BCUT2D eigenvalue weighted by molar-refractivity contribution is 7.75. The monoisotopic (exact) mass is 505 g/mol. The van der Waals surface area contributed by atoms with Crippen LogP contribution < -0.4 is 15.9 Å². The lowest BCUT2D eigenvalue weighted by Gasteiger charge is -2.20. The van der Waals surface area contributed by atoms with Gasteiger partial charge in [0.05, 0.1) is 35.8 Å². The number of aromatic amines is 1. The van der Waals surface area contributed by atoms with Gasteiger partial charge in [-0.1, -0.05) is 32.9 Å². The molecule has 3 aromatic carbocycles. The first-order valence-corrected chi connectivity index (χ1v) is 11.5. The Labute approximate surface area is 214 Å². The van der Waals surface area contributed by atoms with E-state index >= 15 is 0 Å². The third kappa shape index (κ3) is 5.51. The molecule has 0 spiro atoms. The Morgan fingerprint density at radius 1 is 0.972 bits per heavy atom. The fraction of sp³-hybridized carbons (Fsp3) is 0.192. The van der Waals surface area contributed by atoms with Gasteiger partial charge < -0.3 is 10.6 Å². The van der Waals surface area contributed by atoms with Gasteiger partial charge in [0.1, 0.15) is 0 Å². The van der Waals surface area contributed by atoms with E-state index in [2.05, 4.69) is 54.5 Å². The van der Waals surface area contributed by atoms with Crippen LogP contribution in [0.25, 0.3) is 10.9 Å². The molecule has 4 rings (SSSR count). The molecule has 1 heterocycles. The predicted octanol–water partition coefficient (Wildman–Crippen LogP) is 5.51. The Hall–Kier alpha value is -3.86. The van der Waals surface area contributed by atoms with Crippen LogP contribution in [0.1, 0.15) is 47.1 Å². The van der Waals surface area contributed by atoms with E-state index in [1.807, 2.05) is 18.2 Å². The van der Waals surface area contributed by atoms with Gasteiger partial charge in [0, 0.05) is 29.5 Å². The van der Waals surface area contributed by atoms with Crippen LogP contribution in [-0.2, 0) is 14.5 Å². The van der Waals surface area contributed by atoms with Crippen molar-refractivity contribution in [3.8, 4) is 0 Å². The first-order valence-electron chi connectivity index (χ1n) is 11.2. The first kappa shape index (κ1) is 25.2. The zero-order valence-electron chi connectivity index (χ0n) is 20.3. The Balaban J connectivity index is 1.63. The van der Waals surface area contributed by atoms with E-state index in [0.29, 0.717) is 22.6 Å². The smallest absolute Gasteiger partial charge is 0.257 e. The van der Waals surface area contributed by atoms with E-state index in [1.54, 1.807) is 42.6 Å². The minimum atomic E-state index is -0.440. The van der Waals surface area contributed by atoms with E-state index in [9.17, 15) is 9.59 Å². The first-order chi connectivity index (χ1) is 17.2. The number of carbonyl (C=O) groups is 2. The molecular weight excluding hydrogens is 478 g/mol. The second kappa shape index (κ2) is 10.4. The van der Waals surface area contributed by atoms with Gasteiger partial charge >= 0.3 is 0 Å². The summed E-state index contributed by atoms with van der Waals surface area (Å²) in [6.07, 6.45) is 1.70. The molecule has 4 aromatic rings.